The Labute approximate surface area is 101 Å². The fourth-order valence-corrected chi connectivity index (χ4v) is 2.60. The zero-order valence-corrected chi connectivity index (χ0v) is 9.82. The van der Waals surface area contributed by atoms with Gasteiger partial charge < -0.3 is 10.4 Å². The molecule has 0 spiro atoms. The maximum Gasteiger partial charge on any atom is 0.116 e. The van der Waals surface area contributed by atoms with E-state index in [1.54, 1.807) is 6.07 Å². The molecule has 0 aromatic heterocycles. The van der Waals surface area contributed by atoms with Crippen molar-refractivity contribution in [3.63, 3.8) is 0 Å². The van der Waals surface area contributed by atoms with E-state index in [-0.39, 0.29) is 0 Å². The van der Waals surface area contributed by atoms with Crippen molar-refractivity contribution in [2.45, 2.75) is 25.3 Å². The number of aromatic hydroxyl groups is 1. The van der Waals surface area contributed by atoms with Crippen LogP contribution in [0.15, 0.2) is 36.4 Å². The molecule has 0 radical (unpaired) electrons. The molecule has 1 heterocycles. The lowest BCUT2D eigenvalue weighted by Gasteiger charge is -2.24. The monoisotopic (exact) mass is 227 g/mol. The Hall–Kier alpha value is -1.54. The van der Waals surface area contributed by atoms with Crippen LogP contribution in [-0.4, -0.2) is 11.7 Å². The number of rotatable bonds is 1. The molecule has 17 heavy (non-hydrogen) atoms. The Morgan fingerprint density at radius 1 is 1.00 bits per heavy atom. The molecular formula is C15H17NO. The lowest BCUT2D eigenvalue weighted by Crippen LogP contribution is -2.26. The van der Waals surface area contributed by atoms with Crippen molar-refractivity contribution >= 4 is 10.8 Å². The van der Waals surface area contributed by atoms with Crippen LogP contribution in [-0.2, 0) is 0 Å². The van der Waals surface area contributed by atoms with Crippen LogP contribution < -0.4 is 5.32 Å². The van der Waals surface area contributed by atoms with E-state index in [0.717, 1.165) is 11.9 Å². The highest BCUT2D eigenvalue weighted by molar-refractivity contribution is 5.84. The van der Waals surface area contributed by atoms with Crippen LogP contribution in [0.2, 0.25) is 0 Å². The molecule has 0 amide bonds. The van der Waals surface area contributed by atoms with Gasteiger partial charge in [0.25, 0.3) is 0 Å². The Kier molecular flexibility index (Phi) is 2.73. The summed E-state index contributed by atoms with van der Waals surface area (Å²) in [6, 6.07) is 12.6. The summed E-state index contributed by atoms with van der Waals surface area (Å²) < 4.78 is 0. The van der Waals surface area contributed by atoms with Crippen LogP contribution in [0.25, 0.3) is 10.8 Å². The van der Waals surface area contributed by atoms with E-state index in [4.69, 9.17) is 0 Å². The van der Waals surface area contributed by atoms with Crippen molar-refractivity contribution in [1.82, 2.24) is 5.32 Å². The van der Waals surface area contributed by atoms with Crippen LogP contribution in [0.3, 0.4) is 0 Å². The van der Waals surface area contributed by atoms with E-state index >= 15 is 0 Å². The second-order valence-electron chi connectivity index (χ2n) is 4.79. The minimum Gasteiger partial charge on any atom is -0.508 e. The van der Waals surface area contributed by atoms with Gasteiger partial charge >= 0.3 is 0 Å². The van der Waals surface area contributed by atoms with E-state index in [1.165, 1.54) is 30.2 Å². The summed E-state index contributed by atoms with van der Waals surface area (Å²) in [4.78, 5) is 0. The van der Waals surface area contributed by atoms with Gasteiger partial charge in [0.2, 0.25) is 0 Å². The van der Waals surface area contributed by atoms with Crippen molar-refractivity contribution < 1.29 is 5.11 Å². The first-order chi connectivity index (χ1) is 8.33. The zero-order valence-electron chi connectivity index (χ0n) is 9.82. The highest BCUT2D eigenvalue weighted by Gasteiger charge is 2.14. The molecule has 1 aliphatic rings. The minimum absolute atomic E-state index is 0.334. The molecular weight excluding hydrogens is 210 g/mol. The summed E-state index contributed by atoms with van der Waals surface area (Å²) in [7, 11) is 0. The van der Waals surface area contributed by atoms with Gasteiger partial charge in [-0.25, -0.2) is 0 Å². The molecule has 1 fully saturated rings. The van der Waals surface area contributed by atoms with E-state index in [9.17, 15) is 5.11 Å². The van der Waals surface area contributed by atoms with Gasteiger partial charge in [-0.15, -0.1) is 0 Å². The number of hydrogen-bond donors (Lipinski definition) is 2. The molecule has 1 aliphatic heterocycles. The molecule has 2 nitrogen and oxygen atoms in total. The number of piperidine rings is 1. The largest absolute Gasteiger partial charge is 0.508 e. The second-order valence-corrected chi connectivity index (χ2v) is 4.79. The molecule has 2 N–H and O–H groups in total. The maximum atomic E-state index is 9.44. The Morgan fingerprint density at radius 2 is 1.82 bits per heavy atom. The van der Waals surface area contributed by atoms with Gasteiger partial charge in [0, 0.05) is 6.04 Å². The second kappa shape index (κ2) is 4.38. The SMILES string of the molecule is Oc1ccc2cc([C@H]3CCCCN3)ccc2c1. The van der Waals surface area contributed by atoms with Gasteiger partial charge in [-0.1, -0.05) is 24.6 Å². The third kappa shape index (κ3) is 2.13. The smallest absolute Gasteiger partial charge is 0.116 e. The number of benzene rings is 2. The molecule has 2 heteroatoms. The Morgan fingerprint density at radius 3 is 2.65 bits per heavy atom. The number of phenolic OH excluding ortho intramolecular Hbond substituents is 1. The topological polar surface area (TPSA) is 32.3 Å². The van der Waals surface area contributed by atoms with E-state index in [1.807, 2.05) is 12.1 Å². The fourth-order valence-electron chi connectivity index (χ4n) is 2.60. The molecule has 1 atom stereocenters. The maximum absolute atomic E-state index is 9.44. The van der Waals surface area contributed by atoms with Crippen molar-refractivity contribution in [2.75, 3.05) is 6.54 Å². The van der Waals surface area contributed by atoms with Crippen LogP contribution in [0.4, 0.5) is 0 Å². The first-order valence-corrected chi connectivity index (χ1v) is 6.29. The lowest BCUT2D eigenvalue weighted by molar-refractivity contribution is 0.412. The minimum atomic E-state index is 0.334. The zero-order chi connectivity index (χ0) is 11.7. The summed E-state index contributed by atoms with van der Waals surface area (Å²) in [6.45, 7) is 1.12. The van der Waals surface area contributed by atoms with Crippen molar-refractivity contribution in [3.05, 3.63) is 42.0 Å². The predicted molar refractivity (Wildman–Crippen MR) is 70.2 cm³/mol. The van der Waals surface area contributed by atoms with Crippen molar-refractivity contribution in [3.8, 4) is 5.75 Å². The highest BCUT2D eigenvalue weighted by Crippen LogP contribution is 2.27. The summed E-state index contributed by atoms with van der Waals surface area (Å²) >= 11 is 0. The average Bonchev–Trinajstić information content (AvgIpc) is 2.39. The molecule has 2 aromatic carbocycles. The quantitative estimate of drug-likeness (QED) is 0.783. The van der Waals surface area contributed by atoms with Crippen LogP contribution in [0.5, 0.6) is 5.75 Å². The predicted octanol–water partition coefficient (Wildman–Crippen LogP) is 3.36. The summed E-state index contributed by atoms with van der Waals surface area (Å²) in [6.07, 6.45) is 3.83. The van der Waals surface area contributed by atoms with Gasteiger partial charge in [-0.3, -0.25) is 0 Å². The molecule has 0 saturated carbocycles. The number of fused-ring (bicyclic) bond motifs is 1. The van der Waals surface area contributed by atoms with E-state index < -0.39 is 0 Å². The first-order valence-electron chi connectivity index (χ1n) is 6.29. The molecule has 0 bridgehead atoms. The third-order valence-electron chi connectivity index (χ3n) is 3.56. The van der Waals surface area contributed by atoms with Crippen molar-refractivity contribution in [1.29, 1.82) is 0 Å². The lowest BCUT2D eigenvalue weighted by atomic mass is 9.95. The van der Waals surface area contributed by atoms with Crippen LogP contribution >= 0.6 is 0 Å². The van der Waals surface area contributed by atoms with Crippen LogP contribution in [0, 0.1) is 0 Å². The summed E-state index contributed by atoms with van der Waals surface area (Å²) in [5.41, 5.74) is 1.36. The van der Waals surface area contributed by atoms with Gasteiger partial charge in [0.05, 0.1) is 0 Å². The standard InChI is InChI=1S/C15H17NO/c17-14-7-6-11-9-13(5-4-12(11)10-14)15-3-1-2-8-16-15/h4-7,9-10,15-17H,1-3,8H2/t15-/m1/s1. The molecule has 1 saturated heterocycles. The fraction of sp³-hybridized carbons (Fsp3) is 0.333. The number of nitrogens with one attached hydrogen (secondary N) is 1. The van der Waals surface area contributed by atoms with Gasteiger partial charge in [-0.05, 0) is 53.9 Å². The number of phenols is 1. The number of hydrogen-bond acceptors (Lipinski definition) is 2. The molecule has 88 valence electrons. The van der Waals surface area contributed by atoms with Gasteiger partial charge in [-0.2, -0.15) is 0 Å². The molecule has 0 unspecified atom stereocenters. The van der Waals surface area contributed by atoms with Crippen molar-refractivity contribution in [2.24, 2.45) is 0 Å². The summed E-state index contributed by atoms with van der Waals surface area (Å²) in [5.74, 6) is 0.334. The average molecular weight is 227 g/mol. The highest BCUT2D eigenvalue weighted by atomic mass is 16.3. The summed E-state index contributed by atoms with van der Waals surface area (Å²) in [5, 5.41) is 15.3. The molecule has 0 aliphatic carbocycles. The third-order valence-corrected chi connectivity index (χ3v) is 3.56. The normalized spacial score (nSPS) is 20.6. The first kappa shape index (κ1) is 10.6. The van der Waals surface area contributed by atoms with Gasteiger partial charge in [0.1, 0.15) is 5.75 Å². The van der Waals surface area contributed by atoms with E-state index in [2.05, 4.69) is 23.5 Å². The molecule has 3 rings (SSSR count). The van der Waals surface area contributed by atoms with Gasteiger partial charge in [0.15, 0.2) is 0 Å². The van der Waals surface area contributed by atoms with Crippen LogP contribution in [0.1, 0.15) is 30.9 Å². The molecule has 2 aromatic rings. The van der Waals surface area contributed by atoms with E-state index in [0.29, 0.717) is 11.8 Å². The Balaban J connectivity index is 1.98. The Bertz CT molecular complexity index is 529.